The maximum absolute atomic E-state index is 12.3. The second kappa shape index (κ2) is 8.34. The van der Waals surface area contributed by atoms with Crippen LogP contribution in [0.25, 0.3) is 0 Å². The molecule has 6 heteroatoms. The van der Waals surface area contributed by atoms with Gasteiger partial charge in [0.25, 0.3) is 0 Å². The van der Waals surface area contributed by atoms with E-state index in [-0.39, 0.29) is 0 Å². The summed E-state index contributed by atoms with van der Waals surface area (Å²) in [4.78, 5) is 6.19. The van der Waals surface area contributed by atoms with Crippen LogP contribution in [0.15, 0.2) is 36.7 Å². The summed E-state index contributed by atoms with van der Waals surface area (Å²) in [6, 6.07) is 7.77. The number of pyridine rings is 1. The SMILES string of the molecule is Cc1cc(CN(C)CCc2ccncc2)cc(C)c1OCC(F)(F)F. The van der Waals surface area contributed by atoms with Crippen molar-refractivity contribution in [2.24, 2.45) is 0 Å². The first-order valence-electron chi connectivity index (χ1n) is 8.12. The van der Waals surface area contributed by atoms with E-state index < -0.39 is 12.8 Å². The Bertz CT molecular complexity index is 664. The summed E-state index contributed by atoms with van der Waals surface area (Å²) in [6.07, 6.45) is 0.151. The molecule has 0 amide bonds. The highest BCUT2D eigenvalue weighted by Crippen LogP contribution is 2.27. The zero-order valence-corrected chi connectivity index (χ0v) is 14.7. The predicted molar refractivity (Wildman–Crippen MR) is 91.7 cm³/mol. The molecule has 0 aliphatic carbocycles. The summed E-state index contributed by atoms with van der Waals surface area (Å²) < 4.78 is 42.0. The van der Waals surface area contributed by atoms with Crippen LogP contribution < -0.4 is 4.74 Å². The summed E-state index contributed by atoms with van der Waals surface area (Å²) in [6.45, 7) is 3.90. The van der Waals surface area contributed by atoms with Gasteiger partial charge in [-0.2, -0.15) is 13.2 Å². The fraction of sp³-hybridized carbons (Fsp3) is 0.421. The van der Waals surface area contributed by atoms with Gasteiger partial charge in [0.15, 0.2) is 6.61 Å². The van der Waals surface area contributed by atoms with Gasteiger partial charge in [0.05, 0.1) is 0 Å². The van der Waals surface area contributed by atoms with Crippen LogP contribution in [0, 0.1) is 13.8 Å². The van der Waals surface area contributed by atoms with E-state index in [1.807, 2.05) is 31.3 Å². The van der Waals surface area contributed by atoms with E-state index in [4.69, 9.17) is 4.74 Å². The van der Waals surface area contributed by atoms with Crippen molar-refractivity contribution in [3.05, 3.63) is 58.9 Å². The molecule has 0 fully saturated rings. The predicted octanol–water partition coefficient (Wildman–Crippen LogP) is 4.31. The van der Waals surface area contributed by atoms with Crippen LogP contribution >= 0.6 is 0 Å². The number of halogens is 3. The molecule has 0 saturated carbocycles. The van der Waals surface area contributed by atoms with Crippen molar-refractivity contribution < 1.29 is 17.9 Å². The molecule has 0 aliphatic heterocycles. The maximum atomic E-state index is 12.3. The molecule has 0 bridgehead atoms. The van der Waals surface area contributed by atoms with Gasteiger partial charge in [-0.1, -0.05) is 12.1 Å². The van der Waals surface area contributed by atoms with Gasteiger partial charge < -0.3 is 9.64 Å². The number of nitrogens with zero attached hydrogens (tertiary/aromatic N) is 2. The molecule has 0 spiro atoms. The van der Waals surface area contributed by atoms with Gasteiger partial charge in [-0.3, -0.25) is 4.98 Å². The highest BCUT2D eigenvalue weighted by molar-refractivity contribution is 5.43. The van der Waals surface area contributed by atoms with Gasteiger partial charge in [0, 0.05) is 25.5 Å². The van der Waals surface area contributed by atoms with Gasteiger partial charge in [-0.15, -0.1) is 0 Å². The fourth-order valence-electron chi connectivity index (χ4n) is 2.77. The van der Waals surface area contributed by atoms with Crippen LogP contribution in [0.3, 0.4) is 0 Å². The number of aryl methyl sites for hydroxylation is 2. The van der Waals surface area contributed by atoms with E-state index in [9.17, 15) is 13.2 Å². The van der Waals surface area contributed by atoms with Crippen molar-refractivity contribution in [2.75, 3.05) is 20.2 Å². The minimum atomic E-state index is -4.33. The molecule has 3 nitrogen and oxygen atoms in total. The Hall–Kier alpha value is -2.08. The minimum Gasteiger partial charge on any atom is -0.484 e. The highest BCUT2D eigenvalue weighted by atomic mass is 19.4. The summed E-state index contributed by atoms with van der Waals surface area (Å²) in [5.41, 5.74) is 3.74. The number of hydrogen-bond acceptors (Lipinski definition) is 3. The number of hydrogen-bond donors (Lipinski definition) is 0. The lowest BCUT2D eigenvalue weighted by molar-refractivity contribution is -0.153. The van der Waals surface area contributed by atoms with E-state index in [1.54, 1.807) is 26.2 Å². The number of rotatable bonds is 7. The lowest BCUT2D eigenvalue weighted by atomic mass is 10.0. The van der Waals surface area contributed by atoms with Gasteiger partial charge in [0.1, 0.15) is 5.75 Å². The third kappa shape index (κ3) is 6.38. The first-order valence-corrected chi connectivity index (χ1v) is 8.12. The van der Waals surface area contributed by atoms with Crippen molar-refractivity contribution in [2.45, 2.75) is 33.0 Å². The third-order valence-electron chi connectivity index (χ3n) is 3.88. The normalized spacial score (nSPS) is 11.8. The minimum absolute atomic E-state index is 0.320. The molecule has 1 heterocycles. The van der Waals surface area contributed by atoms with Crippen molar-refractivity contribution in [3.8, 4) is 5.75 Å². The molecule has 0 aliphatic rings. The van der Waals surface area contributed by atoms with Crippen LogP contribution in [-0.4, -0.2) is 36.3 Å². The van der Waals surface area contributed by atoms with Gasteiger partial charge in [0.2, 0.25) is 0 Å². The van der Waals surface area contributed by atoms with Gasteiger partial charge in [-0.25, -0.2) is 0 Å². The van der Waals surface area contributed by atoms with Crippen molar-refractivity contribution >= 4 is 0 Å². The Morgan fingerprint density at radius 2 is 1.64 bits per heavy atom. The molecule has 0 unspecified atom stereocenters. The molecular weight excluding hydrogens is 329 g/mol. The molecule has 0 radical (unpaired) electrons. The topological polar surface area (TPSA) is 25.4 Å². The molecule has 1 aromatic heterocycles. The molecular formula is C19H23F3N2O. The molecule has 0 atom stereocenters. The highest BCUT2D eigenvalue weighted by Gasteiger charge is 2.29. The van der Waals surface area contributed by atoms with E-state index in [2.05, 4.69) is 9.88 Å². The molecule has 25 heavy (non-hydrogen) atoms. The Balaban J connectivity index is 1.95. The average molecular weight is 352 g/mol. The van der Waals surface area contributed by atoms with E-state index in [1.165, 1.54) is 5.56 Å². The monoisotopic (exact) mass is 352 g/mol. The Morgan fingerprint density at radius 3 is 2.20 bits per heavy atom. The van der Waals surface area contributed by atoms with Crippen LogP contribution in [0.5, 0.6) is 5.75 Å². The van der Waals surface area contributed by atoms with E-state index >= 15 is 0 Å². The van der Waals surface area contributed by atoms with Crippen LogP contribution in [0.4, 0.5) is 13.2 Å². The van der Waals surface area contributed by atoms with Gasteiger partial charge >= 0.3 is 6.18 Å². The second-order valence-electron chi connectivity index (χ2n) is 6.31. The summed E-state index contributed by atoms with van der Waals surface area (Å²) in [5.74, 6) is 0.320. The van der Waals surface area contributed by atoms with E-state index in [0.29, 0.717) is 5.75 Å². The maximum Gasteiger partial charge on any atom is 0.422 e. The summed E-state index contributed by atoms with van der Waals surface area (Å²) >= 11 is 0. The molecule has 1 aromatic carbocycles. The van der Waals surface area contributed by atoms with Crippen molar-refractivity contribution in [1.82, 2.24) is 9.88 Å². The second-order valence-corrected chi connectivity index (χ2v) is 6.31. The molecule has 136 valence electrons. The van der Waals surface area contributed by atoms with Crippen molar-refractivity contribution in [1.29, 1.82) is 0 Å². The lowest BCUT2D eigenvalue weighted by Crippen LogP contribution is -2.21. The Kier molecular flexibility index (Phi) is 6.42. The van der Waals surface area contributed by atoms with Crippen molar-refractivity contribution in [3.63, 3.8) is 0 Å². The Morgan fingerprint density at radius 1 is 1.04 bits per heavy atom. The summed E-state index contributed by atoms with van der Waals surface area (Å²) in [7, 11) is 2.03. The number of likely N-dealkylation sites (N-methyl/N-ethyl adjacent to an activating group) is 1. The fourth-order valence-corrected chi connectivity index (χ4v) is 2.77. The van der Waals surface area contributed by atoms with Crippen LogP contribution in [0.1, 0.15) is 22.3 Å². The number of aromatic nitrogens is 1. The molecule has 0 saturated heterocycles. The third-order valence-corrected chi connectivity index (χ3v) is 3.88. The Labute approximate surface area is 146 Å². The van der Waals surface area contributed by atoms with Gasteiger partial charge in [-0.05, 0) is 61.7 Å². The molecule has 2 aromatic rings. The first kappa shape index (κ1) is 19.2. The number of benzene rings is 1. The quantitative estimate of drug-likeness (QED) is 0.742. The van der Waals surface area contributed by atoms with Crippen LogP contribution in [0.2, 0.25) is 0 Å². The summed E-state index contributed by atoms with van der Waals surface area (Å²) in [5, 5.41) is 0. The number of ether oxygens (including phenoxy) is 1. The standard InChI is InChI=1S/C19H23F3N2O/c1-14-10-17(11-15(2)18(14)25-13-19(20,21)22)12-24(3)9-6-16-4-7-23-8-5-16/h4-5,7-8,10-11H,6,9,12-13H2,1-3H3. The first-order chi connectivity index (χ1) is 11.7. The molecule has 2 rings (SSSR count). The molecule has 0 N–H and O–H groups in total. The van der Waals surface area contributed by atoms with Crippen LogP contribution in [-0.2, 0) is 13.0 Å². The lowest BCUT2D eigenvalue weighted by Gasteiger charge is -2.19. The largest absolute Gasteiger partial charge is 0.484 e. The number of alkyl halides is 3. The average Bonchev–Trinajstić information content (AvgIpc) is 2.52. The van der Waals surface area contributed by atoms with E-state index in [0.717, 1.165) is 36.2 Å². The smallest absolute Gasteiger partial charge is 0.422 e. The zero-order valence-electron chi connectivity index (χ0n) is 14.7. The zero-order chi connectivity index (χ0) is 18.4.